The van der Waals surface area contributed by atoms with Gasteiger partial charge in [0.2, 0.25) is 5.56 Å². The van der Waals surface area contributed by atoms with Gasteiger partial charge in [-0.2, -0.15) is 5.26 Å². The molecule has 0 fully saturated rings. The molecule has 0 unspecified atom stereocenters. The molecule has 8 heteroatoms. The number of amides is 1. The van der Waals surface area contributed by atoms with Crippen molar-refractivity contribution in [2.45, 2.75) is 37.3 Å². The van der Waals surface area contributed by atoms with Gasteiger partial charge in [-0.3, -0.25) is 14.4 Å². The Morgan fingerprint density at radius 2 is 2.17 bits per heavy atom. The summed E-state index contributed by atoms with van der Waals surface area (Å²) < 4.78 is 5.04. The van der Waals surface area contributed by atoms with E-state index in [1.54, 1.807) is 6.92 Å². The molecule has 29 heavy (non-hydrogen) atoms. The predicted octanol–water partition coefficient (Wildman–Crippen LogP) is 2.38. The van der Waals surface area contributed by atoms with Crippen molar-refractivity contribution < 1.29 is 14.3 Å². The first-order valence-electron chi connectivity index (χ1n) is 9.27. The Hall–Kier alpha value is -3.05. The highest BCUT2D eigenvalue weighted by Gasteiger charge is 2.22. The zero-order chi connectivity index (χ0) is 20.8. The molecule has 7 nitrogen and oxygen atoms in total. The number of thioether (sulfide) groups is 1. The summed E-state index contributed by atoms with van der Waals surface area (Å²) in [6.07, 6.45) is 2.85. The number of hydrogen-bond acceptors (Lipinski definition) is 6. The maximum atomic E-state index is 12.2. The van der Waals surface area contributed by atoms with Crippen LogP contribution >= 0.6 is 11.8 Å². The van der Waals surface area contributed by atoms with Gasteiger partial charge in [0.15, 0.2) is 6.61 Å². The Morgan fingerprint density at radius 3 is 2.97 bits per heavy atom. The molecule has 0 bridgehead atoms. The van der Waals surface area contributed by atoms with Gasteiger partial charge in [-0.25, -0.2) is 0 Å². The molecule has 1 aliphatic rings. The van der Waals surface area contributed by atoms with Gasteiger partial charge in [-0.1, -0.05) is 36.0 Å². The van der Waals surface area contributed by atoms with Crippen molar-refractivity contribution in [3.05, 3.63) is 62.9 Å². The SMILES string of the molecule is Cc1cc(=O)[nH]c(SCC(=O)OCC(=O)N[C@@H]2CCCc3ccccc32)c1C#N. The minimum atomic E-state index is -0.597. The molecule has 3 rings (SSSR count). The van der Waals surface area contributed by atoms with Gasteiger partial charge in [0.25, 0.3) is 5.91 Å². The lowest BCUT2D eigenvalue weighted by Gasteiger charge is -2.26. The number of pyridine rings is 1. The number of fused-ring (bicyclic) bond motifs is 1. The number of carbonyl (C=O) groups excluding carboxylic acids is 2. The van der Waals surface area contributed by atoms with Crippen molar-refractivity contribution in [2.75, 3.05) is 12.4 Å². The minimum Gasteiger partial charge on any atom is -0.455 e. The van der Waals surface area contributed by atoms with E-state index in [4.69, 9.17) is 4.74 Å². The third kappa shape index (κ3) is 5.27. The van der Waals surface area contributed by atoms with Crippen LogP contribution in [0.2, 0.25) is 0 Å². The van der Waals surface area contributed by atoms with E-state index >= 15 is 0 Å². The summed E-state index contributed by atoms with van der Waals surface area (Å²) in [5, 5.41) is 12.4. The Labute approximate surface area is 172 Å². The predicted molar refractivity (Wildman–Crippen MR) is 108 cm³/mol. The zero-order valence-electron chi connectivity index (χ0n) is 16.0. The fourth-order valence-electron chi connectivity index (χ4n) is 3.36. The van der Waals surface area contributed by atoms with Crippen LogP contribution in [-0.4, -0.2) is 29.2 Å². The summed E-state index contributed by atoms with van der Waals surface area (Å²) in [5.74, 6) is -1.07. The molecule has 150 valence electrons. The molecule has 0 radical (unpaired) electrons. The summed E-state index contributed by atoms with van der Waals surface area (Å²) in [6.45, 7) is 1.29. The summed E-state index contributed by atoms with van der Waals surface area (Å²) in [6, 6.07) is 11.3. The monoisotopic (exact) mass is 411 g/mol. The number of nitrogens with one attached hydrogen (secondary N) is 2. The van der Waals surface area contributed by atoms with Gasteiger partial charge in [0.05, 0.1) is 22.4 Å². The van der Waals surface area contributed by atoms with Crippen LogP contribution in [0.4, 0.5) is 0 Å². The van der Waals surface area contributed by atoms with Crippen LogP contribution in [0.5, 0.6) is 0 Å². The van der Waals surface area contributed by atoms with E-state index in [9.17, 15) is 19.6 Å². The highest BCUT2D eigenvalue weighted by atomic mass is 32.2. The van der Waals surface area contributed by atoms with E-state index < -0.39 is 5.97 Å². The van der Waals surface area contributed by atoms with Crippen LogP contribution in [0.15, 0.2) is 40.2 Å². The largest absolute Gasteiger partial charge is 0.455 e. The molecule has 0 saturated heterocycles. The van der Waals surface area contributed by atoms with Crippen LogP contribution in [0.25, 0.3) is 0 Å². The second kappa shape index (κ2) is 9.43. The number of H-pyrrole nitrogens is 1. The molecular weight excluding hydrogens is 390 g/mol. The fourth-order valence-corrected chi connectivity index (χ4v) is 4.23. The average molecular weight is 411 g/mol. The van der Waals surface area contributed by atoms with Gasteiger partial charge in [-0.05, 0) is 42.9 Å². The van der Waals surface area contributed by atoms with Crippen molar-refractivity contribution in [2.24, 2.45) is 0 Å². The van der Waals surface area contributed by atoms with Gasteiger partial charge >= 0.3 is 5.97 Å². The lowest BCUT2D eigenvalue weighted by molar-refractivity contribution is -0.146. The number of aryl methyl sites for hydroxylation is 2. The summed E-state index contributed by atoms with van der Waals surface area (Å²) in [4.78, 5) is 38.3. The molecule has 1 atom stereocenters. The topological polar surface area (TPSA) is 112 Å². The first-order chi connectivity index (χ1) is 14.0. The maximum absolute atomic E-state index is 12.2. The van der Waals surface area contributed by atoms with Crippen molar-refractivity contribution in [3.8, 4) is 6.07 Å². The lowest BCUT2D eigenvalue weighted by Crippen LogP contribution is -2.34. The van der Waals surface area contributed by atoms with E-state index in [2.05, 4.69) is 16.4 Å². The Balaban J connectivity index is 1.50. The quantitative estimate of drug-likeness (QED) is 0.558. The van der Waals surface area contributed by atoms with E-state index in [1.165, 1.54) is 11.6 Å². The standard InChI is InChI=1S/C21H21N3O4S/c1-13-9-18(25)24-21(16(13)10-22)29-12-20(27)28-11-19(26)23-17-8-4-6-14-5-2-3-7-15(14)17/h2-3,5,7,9,17H,4,6,8,11-12H2,1H3,(H,23,26)(H,24,25)/t17-/m1/s1. The number of nitrogens with zero attached hydrogens (tertiary/aromatic N) is 1. The van der Waals surface area contributed by atoms with Crippen LogP contribution in [-0.2, 0) is 20.7 Å². The number of benzene rings is 1. The highest BCUT2D eigenvalue weighted by molar-refractivity contribution is 7.99. The van der Waals surface area contributed by atoms with Crippen molar-refractivity contribution >= 4 is 23.6 Å². The maximum Gasteiger partial charge on any atom is 0.316 e. The van der Waals surface area contributed by atoms with Crippen LogP contribution < -0.4 is 10.9 Å². The van der Waals surface area contributed by atoms with Crippen molar-refractivity contribution in [3.63, 3.8) is 0 Å². The van der Waals surface area contributed by atoms with Gasteiger partial charge in [-0.15, -0.1) is 0 Å². The molecule has 0 aliphatic heterocycles. The van der Waals surface area contributed by atoms with Gasteiger partial charge < -0.3 is 15.0 Å². The summed E-state index contributed by atoms with van der Waals surface area (Å²) in [5.41, 5.74) is 2.86. The van der Waals surface area contributed by atoms with E-state index in [1.807, 2.05) is 24.3 Å². The number of aromatic amines is 1. The van der Waals surface area contributed by atoms with E-state index in [0.717, 1.165) is 36.6 Å². The van der Waals surface area contributed by atoms with Crippen LogP contribution in [0.3, 0.4) is 0 Å². The van der Waals surface area contributed by atoms with Crippen LogP contribution in [0, 0.1) is 18.3 Å². The molecule has 1 aromatic heterocycles. The molecule has 2 N–H and O–H groups in total. The molecule has 1 aromatic carbocycles. The third-order valence-corrected chi connectivity index (χ3v) is 5.70. The first kappa shape index (κ1) is 20.7. The van der Waals surface area contributed by atoms with Crippen molar-refractivity contribution in [1.82, 2.24) is 10.3 Å². The minimum absolute atomic E-state index is 0.0731. The number of ether oxygens (including phenoxy) is 1. The fraction of sp³-hybridized carbons (Fsp3) is 0.333. The smallest absolute Gasteiger partial charge is 0.316 e. The lowest BCUT2D eigenvalue weighted by atomic mass is 9.88. The number of esters is 1. The van der Waals surface area contributed by atoms with E-state index in [0.29, 0.717) is 16.2 Å². The number of aromatic nitrogens is 1. The van der Waals surface area contributed by atoms with Gasteiger partial charge in [0, 0.05) is 6.07 Å². The first-order valence-corrected chi connectivity index (χ1v) is 10.3. The molecule has 1 aliphatic carbocycles. The number of rotatable bonds is 6. The molecule has 1 heterocycles. The highest BCUT2D eigenvalue weighted by Crippen LogP contribution is 2.29. The summed E-state index contributed by atoms with van der Waals surface area (Å²) >= 11 is 1.00. The second-order valence-corrected chi connectivity index (χ2v) is 7.78. The third-order valence-electron chi connectivity index (χ3n) is 4.72. The Kier molecular flexibility index (Phi) is 6.73. The normalized spacial score (nSPS) is 15.1. The Bertz CT molecular complexity index is 1030. The molecule has 2 aromatic rings. The van der Waals surface area contributed by atoms with Gasteiger partial charge in [0.1, 0.15) is 6.07 Å². The zero-order valence-corrected chi connectivity index (χ0v) is 16.8. The van der Waals surface area contributed by atoms with E-state index in [-0.39, 0.29) is 29.9 Å². The number of hydrogen-bond donors (Lipinski definition) is 2. The Morgan fingerprint density at radius 1 is 1.38 bits per heavy atom. The second-order valence-electron chi connectivity index (χ2n) is 6.79. The molecule has 0 spiro atoms. The van der Waals surface area contributed by atoms with Crippen molar-refractivity contribution in [1.29, 1.82) is 5.26 Å². The molecule has 1 amide bonds. The molecular formula is C21H21N3O4S. The number of carbonyl (C=O) groups is 2. The summed E-state index contributed by atoms with van der Waals surface area (Å²) in [7, 11) is 0. The average Bonchev–Trinajstić information content (AvgIpc) is 2.70. The number of nitriles is 1. The molecule has 0 saturated carbocycles. The van der Waals surface area contributed by atoms with Crippen LogP contribution in [0.1, 0.15) is 41.1 Å².